The van der Waals surface area contributed by atoms with E-state index in [1.807, 2.05) is 0 Å². The summed E-state index contributed by atoms with van der Waals surface area (Å²) in [5.74, 6) is -0.576. The first kappa shape index (κ1) is 19.4. The second kappa shape index (κ2) is 8.54. The number of rotatable bonds is 6. The number of fused-ring (bicyclic) bond motifs is 1. The van der Waals surface area contributed by atoms with Gasteiger partial charge in [-0.15, -0.1) is 0 Å². The number of carbonyl (C=O) groups excluding carboxylic acids is 3. The van der Waals surface area contributed by atoms with Gasteiger partial charge in [0.25, 0.3) is 0 Å². The molecule has 0 fully saturated rings. The van der Waals surface area contributed by atoms with Crippen LogP contribution in [0.2, 0.25) is 5.02 Å². The second-order valence-corrected chi connectivity index (χ2v) is 7.16. The molecule has 0 radical (unpaired) electrons. The Bertz CT molecular complexity index is 915. The Morgan fingerprint density at radius 3 is 2.70 bits per heavy atom. The summed E-state index contributed by atoms with van der Waals surface area (Å²) in [5, 5.41) is 3.29. The number of nitrogens with one attached hydrogen (secondary N) is 1. The molecular formula is C19H15BrClNO5. The predicted molar refractivity (Wildman–Crippen MR) is 103 cm³/mol. The van der Waals surface area contributed by atoms with Gasteiger partial charge in [-0.3, -0.25) is 9.59 Å². The maximum Gasteiger partial charge on any atom is 0.344 e. The summed E-state index contributed by atoms with van der Waals surface area (Å²) in [6.45, 7) is -0.709. The number of ether oxygens (including phenoxy) is 2. The molecule has 0 aromatic heterocycles. The number of benzene rings is 2. The number of Topliss-reactive ketones (excluding diaryl/α,β-unsaturated/α-hetero) is 1. The van der Waals surface area contributed by atoms with Crippen molar-refractivity contribution in [2.45, 2.75) is 12.8 Å². The van der Waals surface area contributed by atoms with E-state index in [1.165, 1.54) is 0 Å². The van der Waals surface area contributed by atoms with Crippen LogP contribution in [0.5, 0.6) is 5.75 Å². The molecule has 8 heteroatoms. The fourth-order valence-electron chi connectivity index (χ4n) is 2.56. The lowest BCUT2D eigenvalue weighted by molar-refractivity contribution is -0.144. The van der Waals surface area contributed by atoms with Crippen molar-refractivity contribution in [3.8, 4) is 5.75 Å². The van der Waals surface area contributed by atoms with Crippen LogP contribution >= 0.6 is 27.5 Å². The molecule has 6 nitrogen and oxygen atoms in total. The number of esters is 1. The van der Waals surface area contributed by atoms with Gasteiger partial charge in [-0.25, -0.2) is 4.79 Å². The van der Waals surface area contributed by atoms with Gasteiger partial charge in [0.05, 0.1) is 4.47 Å². The normalized spacial score (nSPS) is 12.7. The van der Waals surface area contributed by atoms with Crippen LogP contribution < -0.4 is 10.1 Å². The first-order valence-corrected chi connectivity index (χ1v) is 9.29. The molecule has 1 aliphatic heterocycles. The number of aryl methyl sites for hydroxylation is 1. The number of amides is 1. The lowest BCUT2D eigenvalue weighted by atomic mass is 9.99. The highest BCUT2D eigenvalue weighted by atomic mass is 79.9. The minimum absolute atomic E-state index is 0.0390. The topological polar surface area (TPSA) is 81.7 Å². The number of ketones is 1. The molecule has 1 N–H and O–H groups in total. The third-order valence-electron chi connectivity index (χ3n) is 3.93. The van der Waals surface area contributed by atoms with Crippen LogP contribution in [-0.2, 0) is 20.7 Å². The van der Waals surface area contributed by atoms with Crippen LogP contribution in [0.3, 0.4) is 0 Å². The fourth-order valence-corrected chi connectivity index (χ4v) is 3.35. The predicted octanol–water partition coefficient (Wildman–Crippen LogP) is 3.79. The summed E-state index contributed by atoms with van der Waals surface area (Å²) in [5.41, 5.74) is 2.03. The van der Waals surface area contributed by atoms with Gasteiger partial charge in [-0.1, -0.05) is 11.6 Å². The zero-order valence-electron chi connectivity index (χ0n) is 14.1. The Morgan fingerprint density at radius 2 is 1.93 bits per heavy atom. The van der Waals surface area contributed by atoms with Gasteiger partial charge < -0.3 is 14.8 Å². The van der Waals surface area contributed by atoms with Crippen molar-refractivity contribution in [2.75, 3.05) is 18.5 Å². The summed E-state index contributed by atoms with van der Waals surface area (Å²) in [6, 6.07) is 9.90. The number of hydrogen-bond donors (Lipinski definition) is 1. The van der Waals surface area contributed by atoms with E-state index in [0.717, 1.165) is 5.56 Å². The molecule has 0 aliphatic carbocycles. The standard InChI is InChI=1S/C19H15BrClNO5/c20-14-8-13(21)3-5-17(14)26-10-19(25)27-9-16(23)12-1-4-15-11(7-12)2-6-18(24)22-15/h1,3-5,7-8H,2,6,9-10H2,(H,22,24). The van der Waals surface area contributed by atoms with Crippen LogP contribution in [0.15, 0.2) is 40.9 Å². The maximum absolute atomic E-state index is 12.2. The van der Waals surface area contributed by atoms with Crippen molar-refractivity contribution in [1.82, 2.24) is 0 Å². The monoisotopic (exact) mass is 451 g/mol. The minimum atomic E-state index is -0.657. The quantitative estimate of drug-likeness (QED) is 0.533. The Morgan fingerprint density at radius 1 is 1.11 bits per heavy atom. The zero-order chi connectivity index (χ0) is 19.4. The number of hydrogen-bond acceptors (Lipinski definition) is 5. The van der Waals surface area contributed by atoms with Gasteiger partial charge in [0.2, 0.25) is 5.91 Å². The largest absolute Gasteiger partial charge is 0.481 e. The summed E-state index contributed by atoms with van der Waals surface area (Å²) < 4.78 is 10.9. The van der Waals surface area contributed by atoms with Crippen molar-refractivity contribution in [3.63, 3.8) is 0 Å². The SMILES string of the molecule is O=C1CCc2cc(C(=O)COC(=O)COc3ccc(Cl)cc3Br)ccc2N1. The molecule has 1 aliphatic rings. The second-order valence-electron chi connectivity index (χ2n) is 5.87. The molecule has 0 saturated carbocycles. The van der Waals surface area contributed by atoms with Crippen molar-refractivity contribution in [3.05, 3.63) is 57.0 Å². The summed E-state index contributed by atoms with van der Waals surface area (Å²) >= 11 is 9.12. The number of anilines is 1. The molecule has 2 aromatic carbocycles. The van der Waals surface area contributed by atoms with Crippen molar-refractivity contribution < 1.29 is 23.9 Å². The molecule has 3 rings (SSSR count). The number of carbonyl (C=O) groups is 3. The molecule has 27 heavy (non-hydrogen) atoms. The van der Waals surface area contributed by atoms with Gasteiger partial charge in [0.1, 0.15) is 5.75 Å². The highest BCUT2D eigenvalue weighted by molar-refractivity contribution is 9.10. The van der Waals surface area contributed by atoms with E-state index in [9.17, 15) is 14.4 Å². The molecule has 0 spiro atoms. The fraction of sp³-hybridized carbons (Fsp3) is 0.211. The Kier molecular flexibility index (Phi) is 6.13. The molecule has 0 unspecified atom stereocenters. The molecule has 0 bridgehead atoms. The van der Waals surface area contributed by atoms with E-state index in [4.69, 9.17) is 21.1 Å². The van der Waals surface area contributed by atoms with Gasteiger partial charge >= 0.3 is 5.97 Å². The zero-order valence-corrected chi connectivity index (χ0v) is 16.4. The van der Waals surface area contributed by atoms with E-state index in [-0.39, 0.29) is 24.9 Å². The van der Waals surface area contributed by atoms with Crippen LogP contribution in [0, 0.1) is 0 Å². The first-order chi connectivity index (χ1) is 12.9. The van der Waals surface area contributed by atoms with Crippen LogP contribution in [0.25, 0.3) is 0 Å². The Balaban J connectivity index is 1.51. The van der Waals surface area contributed by atoms with E-state index in [1.54, 1.807) is 36.4 Å². The molecule has 0 atom stereocenters. The third kappa shape index (κ3) is 5.08. The minimum Gasteiger partial charge on any atom is -0.481 e. The van der Waals surface area contributed by atoms with Gasteiger partial charge in [0, 0.05) is 22.7 Å². The average molecular weight is 453 g/mol. The summed E-state index contributed by atoms with van der Waals surface area (Å²) in [7, 11) is 0. The van der Waals surface area contributed by atoms with E-state index in [0.29, 0.717) is 39.3 Å². The molecule has 140 valence electrons. The van der Waals surface area contributed by atoms with Gasteiger partial charge in [-0.2, -0.15) is 0 Å². The highest BCUT2D eigenvalue weighted by Crippen LogP contribution is 2.28. The Hall–Kier alpha value is -2.38. The van der Waals surface area contributed by atoms with E-state index in [2.05, 4.69) is 21.2 Å². The average Bonchev–Trinajstić information content (AvgIpc) is 2.65. The molecule has 0 saturated heterocycles. The summed E-state index contributed by atoms with van der Waals surface area (Å²) in [4.78, 5) is 35.4. The highest BCUT2D eigenvalue weighted by Gasteiger charge is 2.17. The summed E-state index contributed by atoms with van der Waals surface area (Å²) in [6.07, 6.45) is 0.961. The van der Waals surface area contributed by atoms with E-state index >= 15 is 0 Å². The maximum atomic E-state index is 12.2. The first-order valence-electron chi connectivity index (χ1n) is 8.12. The molecule has 2 aromatic rings. The Labute approximate surface area is 168 Å². The third-order valence-corrected chi connectivity index (χ3v) is 4.78. The van der Waals surface area contributed by atoms with E-state index < -0.39 is 5.97 Å². The smallest absolute Gasteiger partial charge is 0.344 e. The van der Waals surface area contributed by atoms with Crippen LogP contribution in [-0.4, -0.2) is 30.9 Å². The molecule has 1 heterocycles. The van der Waals surface area contributed by atoms with Crippen LogP contribution in [0.4, 0.5) is 5.69 Å². The van der Waals surface area contributed by atoms with Crippen molar-refractivity contribution >= 4 is 50.9 Å². The van der Waals surface area contributed by atoms with Gasteiger partial charge in [0.15, 0.2) is 19.0 Å². The van der Waals surface area contributed by atoms with Gasteiger partial charge in [-0.05, 0) is 64.3 Å². The lowest BCUT2D eigenvalue weighted by Gasteiger charge is -2.17. The molecular weight excluding hydrogens is 438 g/mol. The number of halogens is 2. The van der Waals surface area contributed by atoms with Crippen molar-refractivity contribution in [1.29, 1.82) is 0 Å². The lowest BCUT2D eigenvalue weighted by Crippen LogP contribution is -2.21. The van der Waals surface area contributed by atoms with Crippen molar-refractivity contribution in [2.24, 2.45) is 0 Å². The van der Waals surface area contributed by atoms with Crippen LogP contribution in [0.1, 0.15) is 22.3 Å². The molecule has 1 amide bonds.